The smallest absolute Gasteiger partial charge is 0.226 e. The Kier molecular flexibility index (Phi) is 5.47. The van der Waals surface area contributed by atoms with E-state index in [9.17, 15) is 4.79 Å². The van der Waals surface area contributed by atoms with Gasteiger partial charge in [0.25, 0.3) is 0 Å². The van der Waals surface area contributed by atoms with Gasteiger partial charge < -0.3 is 15.6 Å². The van der Waals surface area contributed by atoms with Crippen molar-refractivity contribution < 1.29 is 9.32 Å². The van der Waals surface area contributed by atoms with E-state index in [4.69, 9.17) is 10.3 Å². The van der Waals surface area contributed by atoms with E-state index < -0.39 is 0 Å². The number of nitrogens with one attached hydrogen (secondary N) is 1. The third-order valence-corrected chi connectivity index (χ3v) is 2.69. The molecule has 0 aliphatic carbocycles. The number of aromatic nitrogens is 2. The van der Waals surface area contributed by atoms with E-state index in [1.807, 2.05) is 27.7 Å². The maximum atomic E-state index is 11.5. The standard InChI is InChI=1S/C13H24N4O2/c1-9(8-14)15-10(18)6-5-7-11-16-12(17-19-11)13(2,3)4/h9H,5-8,14H2,1-4H3,(H,15,18)/t9-/m0/s1. The monoisotopic (exact) mass is 268 g/mol. The van der Waals surface area contributed by atoms with Gasteiger partial charge in [-0.3, -0.25) is 4.79 Å². The van der Waals surface area contributed by atoms with Gasteiger partial charge in [-0.25, -0.2) is 0 Å². The number of rotatable bonds is 6. The van der Waals surface area contributed by atoms with Gasteiger partial charge in [-0.2, -0.15) is 4.98 Å². The molecule has 0 aliphatic rings. The molecule has 1 rings (SSSR count). The van der Waals surface area contributed by atoms with Crippen LogP contribution in [0.1, 0.15) is 52.3 Å². The van der Waals surface area contributed by atoms with Gasteiger partial charge >= 0.3 is 0 Å². The zero-order valence-corrected chi connectivity index (χ0v) is 12.2. The van der Waals surface area contributed by atoms with Crippen molar-refractivity contribution in [1.29, 1.82) is 0 Å². The number of aryl methyl sites for hydroxylation is 1. The van der Waals surface area contributed by atoms with Crippen molar-refractivity contribution in [1.82, 2.24) is 15.5 Å². The molecule has 0 spiro atoms. The Hall–Kier alpha value is -1.43. The third-order valence-electron chi connectivity index (χ3n) is 2.69. The van der Waals surface area contributed by atoms with Crippen molar-refractivity contribution in [3.8, 4) is 0 Å². The van der Waals surface area contributed by atoms with Crippen LogP contribution in [0.15, 0.2) is 4.52 Å². The molecule has 0 saturated heterocycles. The molecule has 0 aliphatic heterocycles. The number of hydrogen-bond acceptors (Lipinski definition) is 5. The number of amides is 1. The van der Waals surface area contributed by atoms with Gasteiger partial charge in [0.1, 0.15) is 0 Å². The van der Waals surface area contributed by atoms with Crippen LogP contribution in [0.25, 0.3) is 0 Å². The van der Waals surface area contributed by atoms with Crippen LogP contribution < -0.4 is 11.1 Å². The first kappa shape index (κ1) is 15.6. The molecule has 6 heteroatoms. The maximum absolute atomic E-state index is 11.5. The summed E-state index contributed by atoms with van der Waals surface area (Å²) in [6, 6.07) is 0.0170. The van der Waals surface area contributed by atoms with E-state index in [0.29, 0.717) is 37.5 Å². The van der Waals surface area contributed by atoms with Crippen LogP contribution in [0.2, 0.25) is 0 Å². The minimum atomic E-state index is -0.115. The fourth-order valence-electron chi connectivity index (χ4n) is 1.47. The average molecular weight is 268 g/mol. The molecule has 0 bridgehead atoms. The summed E-state index contributed by atoms with van der Waals surface area (Å²) in [5, 5.41) is 6.76. The summed E-state index contributed by atoms with van der Waals surface area (Å²) in [4.78, 5) is 15.9. The van der Waals surface area contributed by atoms with Crippen LogP contribution in [-0.2, 0) is 16.6 Å². The molecule has 3 N–H and O–H groups in total. The SMILES string of the molecule is C[C@@H](CN)NC(=O)CCCc1nc(C(C)(C)C)no1. The van der Waals surface area contributed by atoms with E-state index in [2.05, 4.69) is 15.5 Å². The number of nitrogens with two attached hydrogens (primary N) is 1. The highest BCUT2D eigenvalue weighted by Crippen LogP contribution is 2.18. The molecule has 1 heterocycles. The Labute approximate surface area is 114 Å². The minimum Gasteiger partial charge on any atom is -0.352 e. The van der Waals surface area contributed by atoms with Gasteiger partial charge in [-0.15, -0.1) is 0 Å². The van der Waals surface area contributed by atoms with Crippen molar-refractivity contribution in [2.45, 2.75) is 58.4 Å². The van der Waals surface area contributed by atoms with Gasteiger partial charge in [0.15, 0.2) is 5.82 Å². The Morgan fingerprint density at radius 3 is 2.68 bits per heavy atom. The molecule has 1 aromatic rings. The van der Waals surface area contributed by atoms with Gasteiger partial charge in [0, 0.05) is 30.8 Å². The first-order valence-electron chi connectivity index (χ1n) is 6.65. The second-order valence-electron chi connectivity index (χ2n) is 5.82. The molecule has 19 heavy (non-hydrogen) atoms. The summed E-state index contributed by atoms with van der Waals surface area (Å²) in [5.74, 6) is 1.29. The maximum Gasteiger partial charge on any atom is 0.226 e. The summed E-state index contributed by atoms with van der Waals surface area (Å²) < 4.78 is 5.16. The number of nitrogens with zero attached hydrogens (tertiary/aromatic N) is 2. The van der Waals surface area contributed by atoms with Crippen molar-refractivity contribution >= 4 is 5.91 Å². The van der Waals surface area contributed by atoms with E-state index in [1.165, 1.54) is 0 Å². The third kappa shape index (κ3) is 5.38. The number of carbonyl (C=O) groups excluding carboxylic acids is 1. The Morgan fingerprint density at radius 2 is 2.16 bits per heavy atom. The molecule has 0 radical (unpaired) electrons. The zero-order chi connectivity index (χ0) is 14.5. The lowest BCUT2D eigenvalue weighted by atomic mass is 9.96. The Bertz CT molecular complexity index is 409. The van der Waals surface area contributed by atoms with Crippen LogP contribution in [-0.4, -0.2) is 28.6 Å². The molecular weight excluding hydrogens is 244 g/mol. The van der Waals surface area contributed by atoms with Crippen LogP contribution in [0.3, 0.4) is 0 Å². The highest BCUT2D eigenvalue weighted by Gasteiger charge is 2.20. The minimum absolute atomic E-state index is 0.00788. The molecule has 1 amide bonds. The zero-order valence-electron chi connectivity index (χ0n) is 12.2. The second kappa shape index (κ2) is 6.65. The Morgan fingerprint density at radius 1 is 1.47 bits per heavy atom. The topological polar surface area (TPSA) is 94.0 Å². The van der Waals surface area contributed by atoms with E-state index in [1.54, 1.807) is 0 Å². The molecule has 0 saturated carbocycles. The highest BCUT2D eigenvalue weighted by molar-refractivity contribution is 5.76. The predicted octanol–water partition coefficient (Wildman–Crippen LogP) is 1.15. The Balaban J connectivity index is 2.34. The van der Waals surface area contributed by atoms with Crippen LogP contribution >= 0.6 is 0 Å². The lowest BCUT2D eigenvalue weighted by Gasteiger charge is -2.11. The first-order valence-corrected chi connectivity index (χ1v) is 6.65. The predicted molar refractivity (Wildman–Crippen MR) is 72.6 cm³/mol. The molecular formula is C13H24N4O2. The lowest BCUT2D eigenvalue weighted by Crippen LogP contribution is -2.37. The molecule has 1 aromatic heterocycles. The van der Waals surface area contributed by atoms with Gasteiger partial charge in [-0.1, -0.05) is 25.9 Å². The van der Waals surface area contributed by atoms with Crippen molar-refractivity contribution in [3.63, 3.8) is 0 Å². The van der Waals surface area contributed by atoms with Crippen molar-refractivity contribution in [3.05, 3.63) is 11.7 Å². The normalized spacial score (nSPS) is 13.3. The molecule has 6 nitrogen and oxygen atoms in total. The summed E-state index contributed by atoms with van der Waals surface area (Å²) in [6.45, 7) is 8.42. The van der Waals surface area contributed by atoms with E-state index in [-0.39, 0.29) is 17.4 Å². The summed E-state index contributed by atoms with van der Waals surface area (Å²) in [5.41, 5.74) is 5.32. The van der Waals surface area contributed by atoms with E-state index >= 15 is 0 Å². The fourth-order valence-corrected chi connectivity index (χ4v) is 1.47. The lowest BCUT2D eigenvalue weighted by molar-refractivity contribution is -0.121. The first-order chi connectivity index (χ1) is 8.82. The van der Waals surface area contributed by atoms with E-state index in [0.717, 1.165) is 0 Å². The largest absolute Gasteiger partial charge is 0.352 e. The molecule has 108 valence electrons. The molecule has 0 unspecified atom stereocenters. The van der Waals surface area contributed by atoms with Crippen LogP contribution in [0.4, 0.5) is 0 Å². The average Bonchev–Trinajstić information content (AvgIpc) is 2.77. The summed E-state index contributed by atoms with van der Waals surface area (Å²) in [7, 11) is 0. The molecule has 0 fully saturated rings. The van der Waals surface area contributed by atoms with Gasteiger partial charge in [0.2, 0.25) is 11.8 Å². The van der Waals surface area contributed by atoms with Crippen molar-refractivity contribution in [2.24, 2.45) is 5.73 Å². The second-order valence-corrected chi connectivity index (χ2v) is 5.82. The quantitative estimate of drug-likeness (QED) is 0.807. The summed E-state index contributed by atoms with van der Waals surface area (Å²) >= 11 is 0. The van der Waals surface area contributed by atoms with Crippen LogP contribution in [0, 0.1) is 0 Å². The highest BCUT2D eigenvalue weighted by atomic mass is 16.5. The summed E-state index contributed by atoms with van der Waals surface area (Å²) in [6.07, 6.45) is 1.75. The van der Waals surface area contributed by atoms with Crippen LogP contribution in [0.5, 0.6) is 0 Å². The molecule has 0 aromatic carbocycles. The number of hydrogen-bond donors (Lipinski definition) is 2. The fraction of sp³-hybridized carbons (Fsp3) is 0.769. The number of carbonyl (C=O) groups is 1. The van der Waals surface area contributed by atoms with Crippen molar-refractivity contribution in [2.75, 3.05) is 6.54 Å². The van der Waals surface area contributed by atoms with Gasteiger partial charge in [-0.05, 0) is 13.3 Å². The molecule has 1 atom stereocenters. The van der Waals surface area contributed by atoms with Gasteiger partial charge in [0.05, 0.1) is 0 Å².